The minimum atomic E-state index is -0.526. The smallest absolute Gasteiger partial charge is 0.221 e. The Kier molecular flexibility index (Phi) is 4.78. The number of hydrogen-bond donors (Lipinski definition) is 3. The van der Waals surface area contributed by atoms with Gasteiger partial charge in [-0.2, -0.15) is 0 Å². The Morgan fingerprint density at radius 2 is 1.85 bits per heavy atom. The van der Waals surface area contributed by atoms with Crippen molar-refractivity contribution < 1.29 is 9.90 Å². The van der Waals surface area contributed by atoms with E-state index < -0.39 is 6.10 Å². The largest absolute Gasteiger partial charge is 0.387 e. The van der Waals surface area contributed by atoms with E-state index in [1.807, 2.05) is 24.3 Å². The molecule has 1 aromatic carbocycles. The Bertz CT molecular complexity index is 452. The molecule has 3 N–H and O–H groups in total. The zero-order valence-electron chi connectivity index (χ0n) is 12.4. The van der Waals surface area contributed by atoms with Gasteiger partial charge in [-0.05, 0) is 36.5 Å². The van der Waals surface area contributed by atoms with Gasteiger partial charge in [0, 0.05) is 24.7 Å². The van der Waals surface area contributed by atoms with Crippen LogP contribution in [0.2, 0.25) is 0 Å². The Balaban J connectivity index is 2.05. The number of anilines is 1. The van der Waals surface area contributed by atoms with Crippen LogP contribution in [0.5, 0.6) is 0 Å². The molecule has 2 unspecified atom stereocenters. The summed E-state index contributed by atoms with van der Waals surface area (Å²) in [6.07, 6.45) is 1.89. The first kappa shape index (κ1) is 15.0. The third-order valence-electron chi connectivity index (χ3n) is 3.64. The first-order chi connectivity index (χ1) is 9.47. The molecule has 0 heterocycles. The average molecular weight is 276 g/mol. The van der Waals surface area contributed by atoms with Gasteiger partial charge in [-0.25, -0.2) is 0 Å². The summed E-state index contributed by atoms with van der Waals surface area (Å²) in [5, 5.41) is 16.8. The van der Waals surface area contributed by atoms with Gasteiger partial charge in [0.25, 0.3) is 0 Å². The molecule has 1 aromatic rings. The number of carbonyl (C=O) groups is 1. The van der Waals surface area contributed by atoms with Gasteiger partial charge in [-0.1, -0.05) is 26.0 Å². The topological polar surface area (TPSA) is 61.4 Å². The fraction of sp³-hybridized carbons (Fsp3) is 0.562. The molecule has 1 fully saturated rings. The van der Waals surface area contributed by atoms with E-state index >= 15 is 0 Å². The van der Waals surface area contributed by atoms with Crippen molar-refractivity contribution in [1.29, 1.82) is 0 Å². The van der Waals surface area contributed by atoms with Gasteiger partial charge in [0.2, 0.25) is 5.91 Å². The van der Waals surface area contributed by atoms with Gasteiger partial charge in [0.15, 0.2) is 0 Å². The normalized spacial score (nSPS) is 17.9. The second kappa shape index (κ2) is 6.37. The van der Waals surface area contributed by atoms with Crippen LogP contribution in [-0.2, 0) is 4.79 Å². The minimum absolute atomic E-state index is 0.0640. The van der Waals surface area contributed by atoms with E-state index in [1.54, 1.807) is 0 Å². The lowest BCUT2D eigenvalue weighted by Gasteiger charge is -2.28. The van der Waals surface area contributed by atoms with Crippen LogP contribution in [0.4, 0.5) is 5.69 Å². The third kappa shape index (κ3) is 4.05. The summed E-state index contributed by atoms with van der Waals surface area (Å²) in [6.45, 7) is 5.72. The molecule has 4 nitrogen and oxygen atoms in total. The van der Waals surface area contributed by atoms with Crippen LogP contribution in [0, 0.1) is 5.92 Å². The quantitative estimate of drug-likeness (QED) is 0.748. The maximum Gasteiger partial charge on any atom is 0.221 e. The van der Waals surface area contributed by atoms with Crippen LogP contribution < -0.4 is 10.6 Å². The molecule has 0 aromatic heterocycles. The van der Waals surface area contributed by atoms with Gasteiger partial charge in [-0.15, -0.1) is 0 Å². The first-order valence-corrected chi connectivity index (χ1v) is 7.29. The lowest BCUT2D eigenvalue weighted by molar-refractivity contribution is -0.114. The van der Waals surface area contributed by atoms with E-state index in [1.165, 1.54) is 19.8 Å². The van der Waals surface area contributed by atoms with Crippen molar-refractivity contribution >= 4 is 11.6 Å². The maximum absolute atomic E-state index is 11.0. The van der Waals surface area contributed by atoms with Crippen molar-refractivity contribution in [1.82, 2.24) is 5.32 Å². The molecule has 20 heavy (non-hydrogen) atoms. The molecule has 0 spiro atoms. The SMILES string of the molecule is CC(=O)Nc1ccc(C(O)C(NC2CC2)C(C)C)cc1. The molecule has 0 aliphatic heterocycles. The van der Waals surface area contributed by atoms with Gasteiger partial charge >= 0.3 is 0 Å². The Morgan fingerprint density at radius 3 is 2.30 bits per heavy atom. The number of rotatable bonds is 6. The third-order valence-corrected chi connectivity index (χ3v) is 3.64. The second-order valence-corrected chi connectivity index (χ2v) is 5.96. The van der Waals surface area contributed by atoms with E-state index in [2.05, 4.69) is 24.5 Å². The Labute approximate surface area is 120 Å². The summed E-state index contributed by atoms with van der Waals surface area (Å²) in [6, 6.07) is 8.03. The van der Waals surface area contributed by atoms with Crippen molar-refractivity contribution in [2.24, 2.45) is 5.92 Å². The molecule has 0 saturated heterocycles. The van der Waals surface area contributed by atoms with E-state index in [0.717, 1.165) is 11.3 Å². The Hall–Kier alpha value is -1.39. The predicted octanol–water partition coefficient (Wildman–Crippen LogP) is 2.46. The van der Waals surface area contributed by atoms with Crippen LogP contribution in [-0.4, -0.2) is 23.1 Å². The van der Waals surface area contributed by atoms with Crippen molar-refractivity contribution in [3.05, 3.63) is 29.8 Å². The number of benzene rings is 1. The number of aliphatic hydroxyl groups excluding tert-OH is 1. The van der Waals surface area contributed by atoms with Crippen LogP contribution >= 0.6 is 0 Å². The number of nitrogens with one attached hydrogen (secondary N) is 2. The van der Waals surface area contributed by atoms with E-state index in [9.17, 15) is 9.90 Å². The van der Waals surface area contributed by atoms with Crippen LogP contribution in [0.3, 0.4) is 0 Å². The molecule has 0 bridgehead atoms. The maximum atomic E-state index is 11.0. The molecule has 1 amide bonds. The number of carbonyl (C=O) groups excluding carboxylic acids is 1. The van der Waals surface area contributed by atoms with E-state index in [-0.39, 0.29) is 11.9 Å². The summed E-state index contributed by atoms with van der Waals surface area (Å²) >= 11 is 0. The Morgan fingerprint density at radius 1 is 1.25 bits per heavy atom. The highest BCUT2D eigenvalue weighted by atomic mass is 16.3. The molecule has 1 aliphatic carbocycles. The highest BCUT2D eigenvalue weighted by Gasteiger charge is 2.30. The fourth-order valence-corrected chi connectivity index (χ4v) is 2.34. The summed E-state index contributed by atoms with van der Waals surface area (Å²) in [7, 11) is 0. The van der Waals surface area contributed by atoms with Crippen molar-refractivity contribution in [3.8, 4) is 0 Å². The highest BCUT2D eigenvalue weighted by Crippen LogP contribution is 2.28. The number of amides is 1. The van der Waals surface area contributed by atoms with E-state index in [0.29, 0.717) is 12.0 Å². The molecule has 1 aliphatic rings. The van der Waals surface area contributed by atoms with Gasteiger partial charge in [0.1, 0.15) is 0 Å². The minimum Gasteiger partial charge on any atom is -0.387 e. The summed E-state index contributed by atoms with van der Waals surface area (Å²) in [5.74, 6) is 0.273. The zero-order valence-corrected chi connectivity index (χ0v) is 12.4. The summed E-state index contributed by atoms with van der Waals surface area (Å²) in [4.78, 5) is 11.0. The standard InChI is InChI=1S/C16H24N2O2/c1-10(2)15(18-14-8-9-14)16(20)12-4-6-13(7-5-12)17-11(3)19/h4-7,10,14-16,18,20H,8-9H2,1-3H3,(H,17,19). The average Bonchev–Trinajstić information content (AvgIpc) is 3.19. The van der Waals surface area contributed by atoms with Crippen LogP contribution in [0.25, 0.3) is 0 Å². The molecule has 110 valence electrons. The second-order valence-electron chi connectivity index (χ2n) is 5.96. The molecule has 2 rings (SSSR count). The molecule has 0 radical (unpaired) electrons. The van der Waals surface area contributed by atoms with E-state index in [4.69, 9.17) is 0 Å². The molecular weight excluding hydrogens is 252 g/mol. The van der Waals surface area contributed by atoms with Gasteiger partial charge < -0.3 is 15.7 Å². The monoisotopic (exact) mass is 276 g/mol. The van der Waals surface area contributed by atoms with Crippen molar-refractivity contribution in [2.45, 2.75) is 51.8 Å². The van der Waals surface area contributed by atoms with Gasteiger partial charge in [-0.3, -0.25) is 4.79 Å². The van der Waals surface area contributed by atoms with Crippen LogP contribution in [0.1, 0.15) is 45.3 Å². The number of hydrogen-bond acceptors (Lipinski definition) is 3. The van der Waals surface area contributed by atoms with Crippen molar-refractivity contribution in [2.75, 3.05) is 5.32 Å². The molecule has 4 heteroatoms. The first-order valence-electron chi connectivity index (χ1n) is 7.29. The summed E-state index contributed by atoms with van der Waals surface area (Å²) < 4.78 is 0. The zero-order chi connectivity index (χ0) is 14.7. The molecular formula is C16H24N2O2. The van der Waals surface area contributed by atoms with Gasteiger partial charge in [0.05, 0.1) is 6.10 Å². The molecule has 1 saturated carbocycles. The highest BCUT2D eigenvalue weighted by molar-refractivity contribution is 5.88. The molecule has 2 atom stereocenters. The summed E-state index contributed by atoms with van der Waals surface area (Å²) in [5.41, 5.74) is 1.63. The fourth-order valence-electron chi connectivity index (χ4n) is 2.34. The lowest BCUT2D eigenvalue weighted by Crippen LogP contribution is -2.40. The predicted molar refractivity (Wildman–Crippen MR) is 80.5 cm³/mol. The van der Waals surface area contributed by atoms with Crippen LogP contribution in [0.15, 0.2) is 24.3 Å². The number of aliphatic hydroxyl groups is 1. The lowest BCUT2D eigenvalue weighted by atomic mass is 9.93. The van der Waals surface area contributed by atoms with Crippen molar-refractivity contribution in [3.63, 3.8) is 0 Å².